The quantitative estimate of drug-likeness (QED) is 0.0332. The molecule has 6 unspecified atom stereocenters. The van der Waals surface area contributed by atoms with Gasteiger partial charge in [-0.3, -0.25) is 0 Å². The van der Waals surface area contributed by atoms with Crippen molar-refractivity contribution >= 4 is 193 Å². The summed E-state index contributed by atoms with van der Waals surface area (Å²) >= 11 is 29.0. The molecule has 0 aliphatic rings. The third kappa shape index (κ3) is 78.4. The van der Waals surface area contributed by atoms with Crippen LogP contribution in [0.2, 0.25) is 165 Å². The fourth-order valence-electron chi connectivity index (χ4n) is 12.0. The van der Waals surface area contributed by atoms with E-state index in [-0.39, 0.29) is 10.4 Å². The zero-order chi connectivity index (χ0) is 75.5. The van der Waals surface area contributed by atoms with E-state index in [4.69, 9.17) is 74.6 Å². The molecular formula is C67H161Cl3Na2O9S4Si9. The molecule has 0 N–H and O–H groups in total. The Labute approximate surface area is 659 Å². The summed E-state index contributed by atoms with van der Waals surface area (Å²) in [6.45, 7) is 81.6. The molecule has 0 aromatic rings. The zero-order valence-electron chi connectivity index (χ0n) is 69.2. The molecule has 6 atom stereocenters. The Kier molecular flexibility index (Phi) is 84.3. The molecule has 0 aromatic carbocycles. The summed E-state index contributed by atoms with van der Waals surface area (Å²) in [6.07, 6.45) is 15.4. The van der Waals surface area contributed by atoms with E-state index in [0.717, 1.165) is 107 Å². The van der Waals surface area contributed by atoms with E-state index in [2.05, 4.69) is 223 Å². The summed E-state index contributed by atoms with van der Waals surface area (Å²) in [7, 11) is -10.5. The van der Waals surface area contributed by atoms with Crippen molar-refractivity contribution in [2.45, 2.75) is 356 Å². The van der Waals surface area contributed by atoms with Crippen LogP contribution < -0.4 is 0 Å². The minimum atomic E-state index is -1.55. The van der Waals surface area contributed by atoms with Gasteiger partial charge in [0.2, 0.25) is 8.32 Å². The molecule has 0 bridgehead atoms. The number of unbranched alkanes of at least 4 members (excludes halogenated alkanes) is 4. The first kappa shape index (κ1) is 115. The fraction of sp³-hybridized carbons (Fsp3) is 1.00. The Morgan fingerprint density at radius 2 is 0.617 bits per heavy atom. The van der Waals surface area contributed by atoms with Crippen molar-refractivity contribution < 1.29 is 39.8 Å². The molecule has 0 radical (unpaired) electrons. The van der Waals surface area contributed by atoms with Crippen LogP contribution in [0.5, 0.6) is 0 Å². The Balaban J connectivity index is -0.000000158. The summed E-state index contributed by atoms with van der Waals surface area (Å²) in [4.78, 5) is 0. The first-order valence-corrected chi connectivity index (χ1v) is 78.5. The second-order valence-electron chi connectivity index (χ2n) is 30.0. The molecule has 566 valence electrons. The number of halogens is 3. The molecule has 0 aromatic heterocycles. The molecule has 0 saturated heterocycles. The normalized spacial score (nSPS) is 14.2. The van der Waals surface area contributed by atoms with Crippen LogP contribution in [0.1, 0.15) is 181 Å². The van der Waals surface area contributed by atoms with E-state index in [1.807, 2.05) is 20.8 Å². The van der Waals surface area contributed by atoms with Gasteiger partial charge in [0.1, 0.15) is 0 Å². The van der Waals surface area contributed by atoms with Gasteiger partial charge in [-0.2, -0.15) is 0 Å². The Bertz CT molecular complexity index is 1690. The van der Waals surface area contributed by atoms with Gasteiger partial charge in [-0.15, -0.1) is 34.8 Å². The van der Waals surface area contributed by atoms with E-state index < -0.39 is 74.9 Å². The van der Waals surface area contributed by atoms with Gasteiger partial charge in [0.05, 0.1) is 5.00 Å². The topological polar surface area (TPSA) is 83.1 Å². The maximum absolute atomic E-state index is 6.11. The van der Waals surface area contributed by atoms with Crippen molar-refractivity contribution in [1.82, 2.24) is 0 Å². The predicted octanol–water partition coefficient (Wildman–Crippen LogP) is 24.1. The number of hydrogen-bond donors (Lipinski definition) is 0. The van der Waals surface area contributed by atoms with Gasteiger partial charge in [-0.25, -0.2) is 0 Å². The molecule has 0 fully saturated rings. The zero-order valence-corrected chi connectivity index (χ0v) is 87.7. The van der Waals surface area contributed by atoms with Crippen molar-refractivity contribution in [3.05, 3.63) is 0 Å². The molecular weight excluding hydrogens is 1480 g/mol. The Morgan fingerprint density at radius 3 is 0.894 bits per heavy atom. The summed E-state index contributed by atoms with van der Waals surface area (Å²) in [5.74, 6) is 2.36. The Hall–Kier alpha value is 5.34. The van der Waals surface area contributed by atoms with Gasteiger partial charge in [0, 0.05) is 111 Å². The summed E-state index contributed by atoms with van der Waals surface area (Å²) in [5.41, 5.74) is 1.51. The van der Waals surface area contributed by atoms with Gasteiger partial charge in [0.25, 0.3) is 0 Å². The van der Waals surface area contributed by atoms with E-state index in [1.165, 1.54) is 156 Å². The average Bonchev–Trinajstić information content (AvgIpc) is 0.841. The van der Waals surface area contributed by atoms with Gasteiger partial charge < -0.3 is 39.8 Å². The molecule has 0 spiro atoms. The van der Waals surface area contributed by atoms with Crippen molar-refractivity contribution in [1.29, 1.82) is 0 Å². The van der Waals surface area contributed by atoms with Crippen LogP contribution in [0.25, 0.3) is 0 Å². The third-order valence-electron chi connectivity index (χ3n) is 16.5. The average molecular weight is 1640 g/mol. The summed E-state index contributed by atoms with van der Waals surface area (Å²) in [6, 6.07) is 7.45. The fourth-order valence-corrected chi connectivity index (χ4v) is 34.6. The molecule has 0 saturated carbocycles. The van der Waals surface area contributed by atoms with Crippen LogP contribution in [0.4, 0.5) is 0 Å². The summed E-state index contributed by atoms with van der Waals surface area (Å²) in [5, 5.41) is 0.515. The van der Waals surface area contributed by atoms with Crippen LogP contribution in [-0.4, -0.2) is 194 Å². The standard InChI is InChI=1S/C16H38O2Si2.2C15H36O2Si2.3C7H17ClOSi.2Na.S4/c1-9-17-19(5,6)12-11-15(3)13-16(4)14-20(7,8)18-10-2;1-9-14(18(5,6)16-11-3)13-15(10-2)19(7,8)17-12-4;1-7-16-18(3,4)14-12-10-9-11-13-15-19(5,6)17-8-2;1-5-9-10(3,4)6-7(2)8;1-5-7(8)10(3,4)9-6-2;1-4-9-10(2,3)7-5-6-8;;;1-3-4-2/h15-16H,9-14H2,1-8H3;14-15H,9-13H2,1-8H3;7-15H2,1-6H3;2*7H,5-6H2,1-4H3;4-7H2,1-3H3;;;. The minimum absolute atomic E-state index is 0.257. The maximum atomic E-state index is 6.11. The Morgan fingerprint density at radius 1 is 0.340 bits per heavy atom. The van der Waals surface area contributed by atoms with Gasteiger partial charge in [-0.05, 0) is 272 Å². The number of hydrogen-bond acceptors (Lipinski definition) is 11. The first-order valence-electron chi connectivity index (χ1n) is 37.4. The second kappa shape index (κ2) is 68.8. The van der Waals surface area contributed by atoms with Gasteiger partial charge in [-0.1, -0.05) is 86.0 Å². The molecule has 0 amide bonds. The van der Waals surface area contributed by atoms with E-state index in [0.29, 0.717) is 0 Å². The van der Waals surface area contributed by atoms with Crippen molar-refractivity contribution in [3.63, 3.8) is 0 Å². The van der Waals surface area contributed by atoms with Crippen LogP contribution in [-0.2, 0) is 80.0 Å². The van der Waals surface area contributed by atoms with Crippen LogP contribution >= 0.6 is 34.8 Å². The van der Waals surface area contributed by atoms with Gasteiger partial charge in [0.15, 0.2) is 66.5 Å². The van der Waals surface area contributed by atoms with Crippen molar-refractivity contribution in [3.8, 4) is 0 Å². The van der Waals surface area contributed by atoms with E-state index in [1.54, 1.807) is 0 Å². The molecule has 94 heavy (non-hydrogen) atoms. The molecule has 0 aliphatic heterocycles. The van der Waals surface area contributed by atoms with Crippen LogP contribution in [0.3, 0.4) is 0 Å². The predicted molar refractivity (Wildman–Crippen MR) is 466 cm³/mol. The molecule has 9 nitrogen and oxygen atoms in total. The van der Waals surface area contributed by atoms with E-state index >= 15 is 0 Å². The van der Waals surface area contributed by atoms with Crippen molar-refractivity contribution in [2.24, 2.45) is 11.8 Å². The molecule has 0 heterocycles. The molecule has 27 heteroatoms. The van der Waals surface area contributed by atoms with Crippen molar-refractivity contribution in [2.75, 3.05) is 65.3 Å². The first-order chi connectivity index (χ1) is 43.2. The number of alkyl halides is 3. The monoisotopic (exact) mass is 1640 g/mol. The van der Waals surface area contributed by atoms with Crippen LogP contribution in [0, 0.1) is 11.8 Å². The van der Waals surface area contributed by atoms with Gasteiger partial charge >= 0.3 is 43.6 Å². The molecule has 0 rings (SSSR count). The van der Waals surface area contributed by atoms with E-state index in [9.17, 15) is 0 Å². The summed E-state index contributed by atoms with van der Waals surface area (Å²) < 4.78 is 52.6. The van der Waals surface area contributed by atoms with Crippen LogP contribution in [0.15, 0.2) is 0 Å². The SMILES string of the molecule is CCO[Si](C)(C)C(CC)CC(CC)[Si](C)(C)OCC.CCO[Si](C)(C)C(Cl)CC.CCO[Si](C)(C)CC(C)Cl.CCO[Si](C)(C)CCC(C)CC(C)C[Si](C)(C)OCC.CCO[Si](C)(C)CCCCCCC[Si](C)(C)OCC.CCO[Si](C)(C)CCCCl.S=S=S=S.[Na][Na]. The molecule has 0 aliphatic carbocycles. The second-order valence-corrected chi connectivity index (χ2v) is 74.0. The number of rotatable bonds is 46. The third-order valence-corrected chi connectivity index (χ3v) is 47.4.